The zero-order valence-electron chi connectivity index (χ0n) is 8.85. The van der Waals surface area contributed by atoms with Crippen LogP contribution in [0, 0.1) is 5.92 Å². The molecule has 0 saturated carbocycles. The lowest BCUT2D eigenvalue weighted by Crippen LogP contribution is -2.20. The molecule has 1 nitrogen and oxygen atoms in total. The van der Waals surface area contributed by atoms with Crippen molar-refractivity contribution in [3.05, 3.63) is 20.8 Å². The molecular weight excluding hydrogens is 258 g/mol. The van der Waals surface area contributed by atoms with E-state index in [4.69, 9.17) is 0 Å². The molecule has 0 amide bonds. The highest BCUT2D eigenvalue weighted by Gasteiger charge is 2.01. The zero-order chi connectivity index (χ0) is 10.4. The average molecular weight is 276 g/mol. The highest BCUT2D eigenvalue weighted by Crippen LogP contribution is 2.21. The van der Waals surface area contributed by atoms with Crippen LogP contribution < -0.4 is 5.32 Å². The van der Waals surface area contributed by atoms with E-state index in [9.17, 15) is 0 Å². The van der Waals surface area contributed by atoms with Crippen LogP contribution in [0.25, 0.3) is 0 Å². The first kappa shape index (κ1) is 12.2. The highest BCUT2D eigenvalue weighted by molar-refractivity contribution is 9.11. The van der Waals surface area contributed by atoms with E-state index in [1.54, 1.807) is 11.3 Å². The first-order valence-electron chi connectivity index (χ1n) is 5.17. The van der Waals surface area contributed by atoms with E-state index in [0.717, 1.165) is 19.0 Å². The van der Waals surface area contributed by atoms with Gasteiger partial charge in [-0.2, -0.15) is 0 Å². The predicted molar refractivity (Wildman–Crippen MR) is 67.8 cm³/mol. The van der Waals surface area contributed by atoms with Gasteiger partial charge in [0.25, 0.3) is 0 Å². The Bertz CT molecular complexity index is 260. The standard InChI is InChI=1S/C11H18BrNS/c1-3-4-9(2)7-13-8-10-5-6-11(12)14-10/h5-6,9,13H,3-4,7-8H2,1-2H3. The summed E-state index contributed by atoms with van der Waals surface area (Å²) in [7, 11) is 0. The fraction of sp³-hybridized carbons (Fsp3) is 0.636. The summed E-state index contributed by atoms with van der Waals surface area (Å²) >= 11 is 5.28. The minimum atomic E-state index is 0.795. The molecule has 0 spiro atoms. The monoisotopic (exact) mass is 275 g/mol. The van der Waals surface area contributed by atoms with Gasteiger partial charge in [-0.1, -0.05) is 20.3 Å². The second-order valence-electron chi connectivity index (χ2n) is 3.73. The molecule has 1 unspecified atom stereocenters. The molecule has 0 saturated heterocycles. The van der Waals surface area contributed by atoms with E-state index >= 15 is 0 Å². The van der Waals surface area contributed by atoms with Crippen molar-refractivity contribution in [2.24, 2.45) is 5.92 Å². The largest absolute Gasteiger partial charge is 0.312 e. The molecular formula is C11H18BrNS. The molecule has 0 aromatic carbocycles. The summed E-state index contributed by atoms with van der Waals surface area (Å²) in [5.74, 6) is 0.795. The van der Waals surface area contributed by atoms with Gasteiger partial charge in [-0.15, -0.1) is 11.3 Å². The lowest BCUT2D eigenvalue weighted by molar-refractivity contribution is 0.477. The molecule has 0 radical (unpaired) electrons. The Morgan fingerprint density at radius 1 is 1.50 bits per heavy atom. The Labute approximate surface area is 99.0 Å². The van der Waals surface area contributed by atoms with Crippen molar-refractivity contribution < 1.29 is 0 Å². The molecule has 1 rings (SSSR count). The molecule has 14 heavy (non-hydrogen) atoms. The number of nitrogens with one attached hydrogen (secondary N) is 1. The van der Waals surface area contributed by atoms with Crippen molar-refractivity contribution in [1.29, 1.82) is 0 Å². The summed E-state index contributed by atoms with van der Waals surface area (Å²) < 4.78 is 1.22. The molecule has 0 aliphatic carbocycles. The van der Waals surface area contributed by atoms with Crippen LogP contribution in [0.1, 0.15) is 31.6 Å². The number of hydrogen-bond donors (Lipinski definition) is 1. The molecule has 0 bridgehead atoms. The quantitative estimate of drug-likeness (QED) is 0.827. The smallest absolute Gasteiger partial charge is 0.0701 e. The summed E-state index contributed by atoms with van der Waals surface area (Å²) in [4.78, 5) is 1.40. The first-order valence-corrected chi connectivity index (χ1v) is 6.78. The predicted octanol–water partition coefficient (Wildman–Crippen LogP) is 4.04. The average Bonchev–Trinajstić information content (AvgIpc) is 2.52. The second kappa shape index (κ2) is 6.59. The van der Waals surface area contributed by atoms with Crippen LogP contribution in [-0.4, -0.2) is 6.54 Å². The Hall–Kier alpha value is 0.140. The van der Waals surface area contributed by atoms with E-state index in [-0.39, 0.29) is 0 Å². The Balaban J connectivity index is 2.15. The molecule has 1 aromatic heterocycles. The van der Waals surface area contributed by atoms with Gasteiger partial charge in [-0.25, -0.2) is 0 Å². The van der Waals surface area contributed by atoms with Crippen molar-refractivity contribution in [2.75, 3.05) is 6.54 Å². The topological polar surface area (TPSA) is 12.0 Å². The number of hydrogen-bond acceptors (Lipinski definition) is 2. The van der Waals surface area contributed by atoms with Gasteiger partial charge in [-0.05, 0) is 46.9 Å². The van der Waals surface area contributed by atoms with Crippen molar-refractivity contribution in [3.8, 4) is 0 Å². The Morgan fingerprint density at radius 3 is 2.86 bits per heavy atom. The van der Waals surface area contributed by atoms with Crippen LogP contribution >= 0.6 is 27.3 Å². The summed E-state index contributed by atoms with van der Waals surface area (Å²) in [6, 6.07) is 4.28. The number of thiophene rings is 1. The van der Waals surface area contributed by atoms with Gasteiger partial charge in [-0.3, -0.25) is 0 Å². The van der Waals surface area contributed by atoms with Crippen molar-refractivity contribution >= 4 is 27.3 Å². The molecule has 0 fully saturated rings. The summed E-state index contributed by atoms with van der Waals surface area (Å²) in [5.41, 5.74) is 0. The highest BCUT2D eigenvalue weighted by atomic mass is 79.9. The molecule has 0 aliphatic rings. The van der Waals surface area contributed by atoms with Crippen LogP contribution in [0.15, 0.2) is 15.9 Å². The van der Waals surface area contributed by atoms with Crippen LogP contribution in [0.4, 0.5) is 0 Å². The van der Waals surface area contributed by atoms with Crippen LogP contribution in [0.2, 0.25) is 0 Å². The fourth-order valence-electron chi connectivity index (χ4n) is 1.48. The van der Waals surface area contributed by atoms with Gasteiger partial charge in [0.15, 0.2) is 0 Å². The summed E-state index contributed by atoms with van der Waals surface area (Å²) in [6.45, 7) is 6.68. The molecule has 1 N–H and O–H groups in total. The van der Waals surface area contributed by atoms with Gasteiger partial charge >= 0.3 is 0 Å². The maximum atomic E-state index is 3.49. The normalized spacial score (nSPS) is 13.1. The van der Waals surface area contributed by atoms with Gasteiger partial charge in [0.2, 0.25) is 0 Å². The third kappa shape index (κ3) is 4.58. The summed E-state index contributed by atoms with van der Waals surface area (Å²) in [5, 5.41) is 3.49. The Kier molecular flexibility index (Phi) is 5.75. The number of halogens is 1. The molecule has 80 valence electrons. The van der Waals surface area contributed by atoms with Gasteiger partial charge in [0, 0.05) is 11.4 Å². The fourth-order valence-corrected chi connectivity index (χ4v) is 2.94. The van der Waals surface area contributed by atoms with Crippen molar-refractivity contribution in [1.82, 2.24) is 5.32 Å². The lowest BCUT2D eigenvalue weighted by Gasteiger charge is -2.10. The van der Waals surface area contributed by atoms with E-state index in [1.807, 2.05) is 0 Å². The van der Waals surface area contributed by atoms with E-state index in [0.29, 0.717) is 0 Å². The Morgan fingerprint density at radius 2 is 2.29 bits per heavy atom. The molecule has 1 atom stereocenters. The van der Waals surface area contributed by atoms with Gasteiger partial charge in [0.05, 0.1) is 3.79 Å². The van der Waals surface area contributed by atoms with Gasteiger partial charge < -0.3 is 5.32 Å². The molecule has 1 heterocycles. The third-order valence-electron chi connectivity index (χ3n) is 2.20. The first-order chi connectivity index (χ1) is 6.72. The van der Waals surface area contributed by atoms with Crippen molar-refractivity contribution in [2.45, 2.75) is 33.2 Å². The van der Waals surface area contributed by atoms with Crippen LogP contribution in [-0.2, 0) is 6.54 Å². The van der Waals surface area contributed by atoms with Crippen LogP contribution in [0.3, 0.4) is 0 Å². The van der Waals surface area contributed by atoms with E-state index < -0.39 is 0 Å². The SMILES string of the molecule is CCCC(C)CNCc1ccc(Br)s1. The minimum absolute atomic E-state index is 0.795. The summed E-state index contributed by atoms with van der Waals surface area (Å²) in [6.07, 6.45) is 2.61. The lowest BCUT2D eigenvalue weighted by atomic mass is 10.1. The third-order valence-corrected chi connectivity index (χ3v) is 3.83. The maximum absolute atomic E-state index is 3.49. The van der Waals surface area contributed by atoms with E-state index in [2.05, 4.69) is 47.2 Å². The van der Waals surface area contributed by atoms with Crippen LogP contribution in [0.5, 0.6) is 0 Å². The number of rotatable bonds is 6. The molecule has 0 aliphatic heterocycles. The second-order valence-corrected chi connectivity index (χ2v) is 6.28. The van der Waals surface area contributed by atoms with Gasteiger partial charge in [0.1, 0.15) is 0 Å². The van der Waals surface area contributed by atoms with Crippen molar-refractivity contribution in [3.63, 3.8) is 0 Å². The molecule has 3 heteroatoms. The molecule has 1 aromatic rings. The zero-order valence-corrected chi connectivity index (χ0v) is 11.2. The van der Waals surface area contributed by atoms with E-state index in [1.165, 1.54) is 21.5 Å². The minimum Gasteiger partial charge on any atom is -0.312 e. The maximum Gasteiger partial charge on any atom is 0.0701 e.